The van der Waals surface area contributed by atoms with Gasteiger partial charge in [-0.25, -0.2) is 0 Å². The van der Waals surface area contributed by atoms with Crippen molar-refractivity contribution in [3.8, 4) is 0 Å². The van der Waals surface area contributed by atoms with E-state index in [1.165, 1.54) is 6.92 Å². The summed E-state index contributed by atoms with van der Waals surface area (Å²) in [6, 6.07) is -0.782. The van der Waals surface area contributed by atoms with Gasteiger partial charge >= 0.3 is 6.18 Å². The van der Waals surface area contributed by atoms with E-state index in [0.717, 1.165) is 0 Å². The number of carbonyl (C=O) groups is 1. The van der Waals surface area contributed by atoms with Crippen LogP contribution in [0.4, 0.5) is 13.2 Å². The van der Waals surface area contributed by atoms with Crippen molar-refractivity contribution in [2.24, 2.45) is 0 Å². The highest BCUT2D eigenvalue weighted by Gasteiger charge is 2.29. The summed E-state index contributed by atoms with van der Waals surface area (Å²) >= 11 is 0. The van der Waals surface area contributed by atoms with Crippen LogP contribution in [-0.2, 0) is 4.79 Å². The first-order chi connectivity index (χ1) is 7.57. The lowest BCUT2D eigenvalue weighted by Gasteiger charge is -2.24. The van der Waals surface area contributed by atoms with Gasteiger partial charge in [-0.2, -0.15) is 13.2 Å². The van der Waals surface area contributed by atoms with Crippen molar-refractivity contribution in [3.63, 3.8) is 0 Å². The summed E-state index contributed by atoms with van der Waals surface area (Å²) in [6.45, 7) is 3.60. The summed E-state index contributed by atoms with van der Waals surface area (Å²) in [5.41, 5.74) is -0.974. The van der Waals surface area contributed by atoms with E-state index in [1.54, 1.807) is 19.2 Å². The Kier molecular flexibility index (Phi) is 5.91. The maximum atomic E-state index is 11.8. The molecule has 0 saturated heterocycles. The summed E-state index contributed by atoms with van der Waals surface area (Å²) in [5.74, 6) is -0.741. The maximum Gasteiger partial charge on any atom is 0.405 e. The predicted molar refractivity (Wildman–Crippen MR) is 57.4 cm³/mol. The van der Waals surface area contributed by atoms with Crippen LogP contribution < -0.4 is 10.6 Å². The Balaban J connectivity index is 3.99. The van der Waals surface area contributed by atoms with E-state index in [-0.39, 0.29) is 6.54 Å². The molecule has 2 unspecified atom stereocenters. The Bertz CT molecular complexity index is 254. The van der Waals surface area contributed by atoms with Crippen molar-refractivity contribution in [2.45, 2.75) is 45.0 Å². The number of hydrogen-bond donors (Lipinski definition) is 3. The third-order valence-electron chi connectivity index (χ3n) is 2.41. The zero-order valence-corrected chi connectivity index (χ0v) is 10.2. The lowest BCUT2D eigenvalue weighted by molar-refractivity contribution is -0.139. The second-order valence-corrected chi connectivity index (χ2v) is 4.29. The van der Waals surface area contributed by atoms with Crippen molar-refractivity contribution < 1.29 is 23.1 Å². The van der Waals surface area contributed by atoms with Gasteiger partial charge in [0, 0.05) is 6.54 Å². The molecule has 0 aliphatic heterocycles. The Morgan fingerprint density at radius 3 is 2.29 bits per heavy atom. The normalized spacial score (nSPS) is 17.4. The first kappa shape index (κ1) is 16.2. The van der Waals surface area contributed by atoms with Gasteiger partial charge in [0.05, 0.1) is 11.6 Å². The molecule has 0 aromatic heterocycles. The van der Waals surface area contributed by atoms with Gasteiger partial charge in [-0.05, 0) is 20.3 Å². The van der Waals surface area contributed by atoms with Crippen LogP contribution in [0.15, 0.2) is 0 Å². The minimum atomic E-state index is -4.41. The zero-order valence-electron chi connectivity index (χ0n) is 10.2. The van der Waals surface area contributed by atoms with E-state index < -0.39 is 30.3 Å². The molecule has 0 heterocycles. The Hall–Kier alpha value is -0.820. The molecule has 0 radical (unpaired) electrons. The van der Waals surface area contributed by atoms with E-state index in [4.69, 9.17) is 0 Å². The number of halogens is 3. The number of nitrogens with one attached hydrogen (secondary N) is 2. The first-order valence-corrected chi connectivity index (χ1v) is 5.37. The van der Waals surface area contributed by atoms with Crippen molar-refractivity contribution in [1.29, 1.82) is 0 Å². The van der Waals surface area contributed by atoms with Gasteiger partial charge in [-0.1, -0.05) is 6.92 Å². The van der Waals surface area contributed by atoms with E-state index in [2.05, 4.69) is 5.32 Å². The minimum Gasteiger partial charge on any atom is -0.389 e. The number of hydrogen-bond acceptors (Lipinski definition) is 3. The molecule has 0 aliphatic carbocycles. The van der Waals surface area contributed by atoms with Gasteiger partial charge in [0.1, 0.15) is 6.54 Å². The van der Waals surface area contributed by atoms with Gasteiger partial charge in [0.15, 0.2) is 0 Å². The molecule has 17 heavy (non-hydrogen) atoms. The number of amides is 1. The second kappa shape index (κ2) is 6.20. The topological polar surface area (TPSA) is 61.4 Å². The fraction of sp³-hybridized carbons (Fsp3) is 0.900. The molecule has 0 aromatic rings. The smallest absolute Gasteiger partial charge is 0.389 e. The van der Waals surface area contributed by atoms with Crippen LogP contribution in [0.2, 0.25) is 0 Å². The molecule has 7 heteroatoms. The molecule has 0 rings (SSSR count). The molecule has 0 fully saturated rings. The van der Waals surface area contributed by atoms with E-state index in [0.29, 0.717) is 6.42 Å². The number of carbonyl (C=O) groups excluding carboxylic acids is 1. The van der Waals surface area contributed by atoms with Crippen LogP contribution in [0.5, 0.6) is 0 Å². The Labute approximate surface area is 98.6 Å². The highest BCUT2D eigenvalue weighted by atomic mass is 19.4. The molecule has 0 saturated carbocycles. The predicted octanol–water partition coefficient (Wildman–Crippen LogP) is 0.804. The average Bonchev–Trinajstić information content (AvgIpc) is 2.21. The summed E-state index contributed by atoms with van der Waals surface area (Å²) in [6.07, 6.45) is -3.93. The van der Waals surface area contributed by atoms with E-state index in [1.807, 2.05) is 0 Å². The largest absolute Gasteiger partial charge is 0.405 e. The molecule has 1 amide bonds. The van der Waals surface area contributed by atoms with Crippen molar-refractivity contribution in [1.82, 2.24) is 10.6 Å². The molecule has 2 atom stereocenters. The Morgan fingerprint density at radius 2 is 1.88 bits per heavy atom. The maximum absolute atomic E-state index is 11.8. The molecule has 102 valence electrons. The van der Waals surface area contributed by atoms with Gasteiger partial charge in [-0.3, -0.25) is 4.79 Å². The summed E-state index contributed by atoms with van der Waals surface area (Å²) in [5, 5.41) is 14.1. The SMILES string of the molecule is CCC(C)(O)CNC(C)C(=O)NCC(F)(F)F. The lowest BCUT2D eigenvalue weighted by atomic mass is 10.0. The van der Waals surface area contributed by atoms with Crippen LogP contribution >= 0.6 is 0 Å². The lowest BCUT2D eigenvalue weighted by Crippen LogP contribution is -2.49. The first-order valence-electron chi connectivity index (χ1n) is 5.37. The molecule has 0 aromatic carbocycles. The van der Waals surface area contributed by atoms with Crippen molar-refractivity contribution in [3.05, 3.63) is 0 Å². The molecule has 0 aliphatic rings. The van der Waals surface area contributed by atoms with Gasteiger partial charge < -0.3 is 15.7 Å². The molecule has 4 nitrogen and oxygen atoms in total. The van der Waals surface area contributed by atoms with E-state index in [9.17, 15) is 23.1 Å². The third-order valence-corrected chi connectivity index (χ3v) is 2.41. The van der Waals surface area contributed by atoms with Gasteiger partial charge in [-0.15, -0.1) is 0 Å². The van der Waals surface area contributed by atoms with Crippen LogP contribution in [0.3, 0.4) is 0 Å². The number of alkyl halides is 3. The molecular weight excluding hydrogens is 237 g/mol. The van der Waals surface area contributed by atoms with Crippen LogP contribution in [-0.4, -0.2) is 41.9 Å². The zero-order chi connectivity index (χ0) is 13.7. The minimum absolute atomic E-state index is 0.143. The molecule has 0 bridgehead atoms. The average molecular weight is 256 g/mol. The van der Waals surface area contributed by atoms with Crippen molar-refractivity contribution in [2.75, 3.05) is 13.1 Å². The van der Waals surface area contributed by atoms with Crippen LogP contribution in [0.1, 0.15) is 27.2 Å². The summed E-state index contributed by atoms with van der Waals surface area (Å²) in [4.78, 5) is 11.2. The van der Waals surface area contributed by atoms with Crippen molar-refractivity contribution >= 4 is 5.91 Å². The fourth-order valence-corrected chi connectivity index (χ4v) is 0.931. The summed E-state index contributed by atoms with van der Waals surface area (Å²) < 4.78 is 35.5. The number of rotatable bonds is 6. The third kappa shape index (κ3) is 7.98. The quantitative estimate of drug-likeness (QED) is 0.659. The highest BCUT2D eigenvalue weighted by Crippen LogP contribution is 2.12. The van der Waals surface area contributed by atoms with Crippen LogP contribution in [0, 0.1) is 0 Å². The van der Waals surface area contributed by atoms with E-state index >= 15 is 0 Å². The summed E-state index contributed by atoms with van der Waals surface area (Å²) in [7, 11) is 0. The Morgan fingerprint density at radius 1 is 1.35 bits per heavy atom. The monoisotopic (exact) mass is 256 g/mol. The second-order valence-electron chi connectivity index (χ2n) is 4.29. The highest BCUT2D eigenvalue weighted by molar-refractivity contribution is 5.81. The molecular formula is C10H19F3N2O2. The fourth-order valence-electron chi connectivity index (χ4n) is 0.931. The number of aliphatic hydroxyl groups is 1. The standard InChI is InChI=1S/C10H19F3N2O2/c1-4-9(3,17)5-14-7(2)8(16)15-6-10(11,12)13/h7,14,17H,4-6H2,1-3H3,(H,15,16). The molecule has 3 N–H and O–H groups in total. The van der Waals surface area contributed by atoms with Gasteiger partial charge in [0.25, 0.3) is 0 Å². The van der Waals surface area contributed by atoms with Gasteiger partial charge in [0.2, 0.25) is 5.91 Å². The molecule has 0 spiro atoms. The van der Waals surface area contributed by atoms with Crippen LogP contribution in [0.25, 0.3) is 0 Å².